The van der Waals surface area contributed by atoms with Gasteiger partial charge >= 0.3 is 0 Å². The fourth-order valence-corrected chi connectivity index (χ4v) is 3.38. The lowest BCUT2D eigenvalue weighted by Crippen LogP contribution is -2.27. The van der Waals surface area contributed by atoms with E-state index in [9.17, 15) is 17.6 Å². The topological polar surface area (TPSA) is 54.5 Å². The van der Waals surface area contributed by atoms with Gasteiger partial charge in [-0.25, -0.2) is 12.8 Å². The standard InChI is InChI=1S/C11H10BrClFNO3S/c1-6-2-9(14)8(12)4-10(6)15-5-7(3-11(15)16)19(13,17)18/h2,4,7H,3,5H2,1H3. The fourth-order valence-electron chi connectivity index (χ4n) is 2.02. The first-order valence-electron chi connectivity index (χ1n) is 5.39. The van der Waals surface area contributed by atoms with Gasteiger partial charge in [-0.05, 0) is 40.5 Å². The quantitative estimate of drug-likeness (QED) is 0.752. The predicted octanol–water partition coefficient (Wildman–Crippen LogP) is 2.57. The van der Waals surface area contributed by atoms with Crippen LogP contribution in [-0.2, 0) is 13.8 Å². The molecule has 0 saturated carbocycles. The highest BCUT2D eigenvalue weighted by Gasteiger charge is 2.38. The van der Waals surface area contributed by atoms with Gasteiger partial charge in [-0.15, -0.1) is 0 Å². The third kappa shape index (κ3) is 2.93. The van der Waals surface area contributed by atoms with Crippen molar-refractivity contribution in [2.24, 2.45) is 0 Å². The monoisotopic (exact) mass is 369 g/mol. The van der Waals surface area contributed by atoms with Crippen LogP contribution in [0.2, 0.25) is 0 Å². The molecule has 1 fully saturated rings. The van der Waals surface area contributed by atoms with Crippen molar-refractivity contribution in [3.8, 4) is 0 Å². The van der Waals surface area contributed by atoms with Crippen LogP contribution in [-0.4, -0.2) is 26.1 Å². The van der Waals surface area contributed by atoms with Crippen molar-refractivity contribution < 1.29 is 17.6 Å². The number of nitrogens with zero attached hydrogens (tertiary/aromatic N) is 1. The second kappa shape index (κ2) is 5.03. The summed E-state index contributed by atoms with van der Waals surface area (Å²) in [7, 11) is 1.49. The Hall–Kier alpha value is -0.660. The molecule has 1 unspecified atom stereocenters. The van der Waals surface area contributed by atoms with Gasteiger partial charge in [0.2, 0.25) is 15.0 Å². The van der Waals surface area contributed by atoms with Crippen LogP contribution in [0, 0.1) is 12.7 Å². The third-order valence-electron chi connectivity index (χ3n) is 3.02. The highest BCUT2D eigenvalue weighted by Crippen LogP contribution is 2.32. The molecule has 1 aliphatic rings. The van der Waals surface area contributed by atoms with Crippen molar-refractivity contribution in [2.45, 2.75) is 18.6 Å². The van der Waals surface area contributed by atoms with Gasteiger partial charge in [0.15, 0.2) is 0 Å². The molecule has 1 aliphatic heterocycles. The van der Waals surface area contributed by atoms with E-state index in [4.69, 9.17) is 10.7 Å². The van der Waals surface area contributed by atoms with Crippen LogP contribution in [0.5, 0.6) is 0 Å². The molecule has 1 atom stereocenters. The molecule has 19 heavy (non-hydrogen) atoms. The number of carbonyl (C=O) groups excluding carboxylic acids is 1. The molecule has 0 spiro atoms. The highest BCUT2D eigenvalue weighted by atomic mass is 79.9. The van der Waals surface area contributed by atoms with Gasteiger partial charge in [-0.2, -0.15) is 0 Å². The molecule has 8 heteroatoms. The van der Waals surface area contributed by atoms with E-state index in [0.29, 0.717) is 11.3 Å². The van der Waals surface area contributed by atoms with Crippen LogP contribution < -0.4 is 4.90 Å². The molecule has 0 N–H and O–H groups in total. The number of halogens is 3. The average Bonchev–Trinajstić information content (AvgIpc) is 2.65. The number of aryl methyl sites for hydroxylation is 1. The van der Waals surface area contributed by atoms with E-state index in [1.54, 1.807) is 6.92 Å². The van der Waals surface area contributed by atoms with E-state index in [1.165, 1.54) is 17.0 Å². The summed E-state index contributed by atoms with van der Waals surface area (Å²) in [5.41, 5.74) is 1.04. The number of benzene rings is 1. The molecule has 0 aromatic heterocycles. The maximum Gasteiger partial charge on any atom is 0.237 e. The summed E-state index contributed by atoms with van der Waals surface area (Å²) >= 11 is 3.04. The number of rotatable bonds is 2. The first kappa shape index (κ1) is 14.7. The molecule has 0 bridgehead atoms. The zero-order chi connectivity index (χ0) is 14.4. The largest absolute Gasteiger partial charge is 0.311 e. The summed E-state index contributed by atoms with van der Waals surface area (Å²) in [5.74, 6) is -0.773. The molecule has 4 nitrogen and oxygen atoms in total. The SMILES string of the molecule is Cc1cc(F)c(Br)cc1N1CC(S(=O)(=O)Cl)CC1=O. The molecule has 2 rings (SSSR count). The Morgan fingerprint density at radius 3 is 2.63 bits per heavy atom. The molecule has 1 amide bonds. The van der Waals surface area contributed by atoms with Gasteiger partial charge in [0.1, 0.15) is 11.1 Å². The van der Waals surface area contributed by atoms with E-state index >= 15 is 0 Å². The minimum Gasteiger partial charge on any atom is -0.311 e. The Kier molecular flexibility index (Phi) is 3.90. The summed E-state index contributed by atoms with van der Waals surface area (Å²) in [6.45, 7) is 1.64. The van der Waals surface area contributed by atoms with E-state index < -0.39 is 20.1 Å². The molecule has 1 aromatic carbocycles. The number of amides is 1. The van der Waals surface area contributed by atoms with E-state index in [1.807, 2.05) is 0 Å². The molecular weight excluding hydrogens is 361 g/mol. The van der Waals surface area contributed by atoms with Gasteiger partial charge in [0.25, 0.3) is 0 Å². The van der Waals surface area contributed by atoms with E-state index in [-0.39, 0.29) is 23.3 Å². The summed E-state index contributed by atoms with van der Waals surface area (Å²) in [6.07, 6.45) is -0.153. The van der Waals surface area contributed by atoms with E-state index in [2.05, 4.69) is 15.9 Å². The normalized spacial score (nSPS) is 20.1. The molecule has 0 aliphatic carbocycles. The lowest BCUT2D eigenvalue weighted by Gasteiger charge is -2.19. The Labute approximate surface area is 123 Å². The lowest BCUT2D eigenvalue weighted by atomic mass is 10.2. The highest BCUT2D eigenvalue weighted by molar-refractivity contribution is 9.10. The van der Waals surface area contributed by atoms with Crippen molar-refractivity contribution >= 4 is 47.3 Å². The molecule has 1 saturated heterocycles. The molecule has 1 heterocycles. The van der Waals surface area contributed by atoms with Crippen molar-refractivity contribution in [3.63, 3.8) is 0 Å². The fraction of sp³-hybridized carbons (Fsp3) is 0.364. The van der Waals surface area contributed by atoms with Crippen molar-refractivity contribution in [3.05, 3.63) is 28.0 Å². The van der Waals surface area contributed by atoms with Crippen molar-refractivity contribution in [1.82, 2.24) is 0 Å². The number of hydrogen-bond donors (Lipinski definition) is 0. The smallest absolute Gasteiger partial charge is 0.237 e. The van der Waals surface area contributed by atoms with Crippen LogP contribution in [0.1, 0.15) is 12.0 Å². The minimum absolute atomic E-state index is 0.0103. The Balaban J connectivity index is 2.39. The molecule has 104 valence electrons. The van der Waals surface area contributed by atoms with Crippen LogP contribution in [0.3, 0.4) is 0 Å². The van der Waals surface area contributed by atoms with Gasteiger partial charge in [-0.3, -0.25) is 4.79 Å². The third-order valence-corrected chi connectivity index (χ3v) is 5.49. The summed E-state index contributed by atoms with van der Waals surface area (Å²) in [6, 6.07) is 2.75. The Bertz CT molecular complexity index is 650. The second-order valence-electron chi connectivity index (χ2n) is 4.36. The predicted molar refractivity (Wildman–Crippen MR) is 74.4 cm³/mol. The number of carbonyl (C=O) groups is 1. The number of anilines is 1. The Morgan fingerprint density at radius 2 is 2.11 bits per heavy atom. The van der Waals surface area contributed by atoms with Crippen molar-refractivity contribution in [2.75, 3.05) is 11.4 Å². The van der Waals surface area contributed by atoms with Gasteiger partial charge < -0.3 is 4.90 Å². The maximum absolute atomic E-state index is 13.3. The van der Waals surface area contributed by atoms with E-state index in [0.717, 1.165) is 0 Å². The van der Waals surface area contributed by atoms with Crippen LogP contribution in [0.15, 0.2) is 16.6 Å². The molecular formula is C11H10BrClFNO3S. The van der Waals surface area contributed by atoms with Crippen LogP contribution in [0.4, 0.5) is 10.1 Å². The molecule has 1 aromatic rings. The molecule has 0 radical (unpaired) electrons. The van der Waals surface area contributed by atoms with Crippen LogP contribution in [0.25, 0.3) is 0 Å². The summed E-state index contributed by atoms with van der Waals surface area (Å²) in [5, 5.41) is -0.926. The van der Waals surface area contributed by atoms with Gasteiger partial charge in [0, 0.05) is 29.3 Å². The minimum atomic E-state index is -3.78. The van der Waals surface area contributed by atoms with Crippen molar-refractivity contribution in [1.29, 1.82) is 0 Å². The van der Waals surface area contributed by atoms with Gasteiger partial charge in [-0.1, -0.05) is 0 Å². The number of hydrogen-bond acceptors (Lipinski definition) is 3. The Morgan fingerprint density at radius 1 is 1.47 bits per heavy atom. The summed E-state index contributed by atoms with van der Waals surface area (Å²) in [4.78, 5) is 13.2. The lowest BCUT2D eigenvalue weighted by molar-refractivity contribution is -0.117. The maximum atomic E-state index is 13.3. The zero-order valence-corrected chi connectivity index (χ0v) is 13.0. The van der Waals surface area contributed by atoms with Crippen LogP contribution >= 0.6 is 26.6 Å². The first-order chi connectivity index (χ1) is 8.70. The second-order valence-corrected chi connectivity index (χ2v) is 8.12. The average molecular weight is 371 g/mol. The van der Waals surface area contributed by atoms with Gasteiger partial charge in [0.05, 0.1) is 4.47 Å². The summed E-state index contributed by atoms with van der Waals surface area (Å²) < 4.78 is 36.1. The zero-order valence-electron chi connectivity index (χ0n) is 9.86. The first-order valence-corrected chi connectivity index (χ1v) is 8.56.